The van der Waals surface area contributed by atoms with Gasteiger partial charge in [-0.05, 0) is 0 Å². The Kier molecular flexibility index (Phi) is 1.70. The summed E-state index contributed by atoms with van der Waals surface area (Å²) in [6.45, 7) is 0. The molecule has 3 rings (SSSR count). The number of nitrogen functional groups attached to an aromatic ring is 2. The summed E-state index contributed by atoms with van der Waals surface area (Å²) in [4.78, 5) is 0. The van der Waals surface area contributed by atoms with E-state index >= 15 is 0 Å². The Morgan fingerprint density at radius 1 is 1.29 bits per heavy atom. The van der Waals surface area contributed by atoms with Gasteiger partial charge >= 0.3 is 10.4 Å². The van der Waals surface area contributed by atoms with E-state index in [2.05, 4.69) is 8.37 Å². The van der Waals surface area contributed by atoms with Crippen LogP contribution in [0.2, 0.25) is 5.02 Å². The second-order valence-corrected chi connectivity index (χ2v) is 4.12. The lowest BCUT2D eigenvalue weighted by molar-refractivity contribution is 0.401. The Morgan fingerprint density at radius 2 is 1.93 bits per heavy atom. The smallest absolute Gasteiger partial charge is 0.395 e. The highest BCUT2D eigenvalue weighted by atomic mass is 35.5. The van der Waals surface area contributed by atoms with Crippen LogP contribution in [-0.4, -0.2) is 8.42 Å². The number of nitrogens with two attached hydrogens (primary N) is 2. The van der Waals surface area contributed by atoms with Gasteiger partial charge in [-0.25, -0.2) is 0 Å². The highest BCUT2D eigenvalue weighted by molar-refractivity contribution is 7.82. The van der Waals surface area contributed by atoms with Gasteiger partial charge in [0.15, 0.2) is 11.5 Å². The van der Waals surface area contributed by atoms with Crippen molar-refractivity contribution in [2.75, 3.05) is 11.5 Å². The normalized spacial score (nSPS) is 16.9. The fraction of sp³-hybridized carbons (Fsp3) is 0. The minimum absolute atomic E-state index is 0.0322. The SMILES string of the molecule is Nc1cc2c(Cl)c(N)c1OS(=O)(=O)O2. The monoisotopic (exact) mass is 236 g/mol. The van der Waals surface area contributed by atoms with E-state index in [4.69, 9.17) is 23.1 Å². The van der Waals surface area contributed by atoms with Gasteiger partial charge in [0.05, 0.1) is 5.69 Å². The van der Waals surface area contributed by atoms with Gasteiger partial charge < -0.3 is 19.8 Å². The third-order valence-electron chi connectivity index (χ3n) is 1.62. The molecule has 0 radical (unpaired) electrons. The molecule has 1 aromatic rings. The van der Waals surface area contributed by atoms with E-state index in [1.165, 1.54) is 6.07 Å². The quantitative estimate of drug-likeness (QED) is 0.637. The van der Waals surface area contributed by atoms with Crippen molar-refractivity contribution in [2.45, 2.75) is 0 Å². The molecule has 0 saturated carbocycles. The first-order valence-corrected chi connectivity index (χ1v) is 5.13. The van der Waals surface area contributed by atoms with Crippen LogP contribution >= 0.6 is 11.6 Å². The second-order valence-electron chi connectivity index (χ2n) is 2.60. The van der Waals surface area contributed by atoms with E-state index < -0.39 is 10.4 Å². The van der Waals surface area contributed by atoms with Crippen molar-refractivity contribution in [3.05, 3.63) is 11.1 Å². The van der Waals surface area contributed by atoms with E-state index in [1.54, 1.807) is 0 Å². The third kappa shape index (κ3) is 1.21. The van der Waals surface area contributed by atoms with Crippen LogP contribution in [0.4, 0.5) is 11.4 Å². The Balaban J connectivity index is 2.81. The van der Waals surface area contributed by atoms with Crippen LogP contribution < -0.4 is 19.8 Å². The summed E-state index contributed by atoms with van der Waals surface area (Å²) in [6, 6.07) is 1.23. The zero-order valence-electron chi connectivity index (χ0n) is 6.65. The highest BCUT2D eigenvalue weighted by Crippen LogP contribution is 2.45. The summed E-state index contributed by atoms with van der Waals surface area (Å²) in [7, 11) is -4.17. The lowest BCUT2D eigenvalue weighted by Crippen LogP contribution is -2.14. The lowest BCUT2D eigenvalue weighted by Gasteiger charge is -2.03. The Bertz CT molecular complexity index is 513. The summed E-state index contributed by atoms with van der Waals surface area (Å²) in [5, 5.41) is -0.0322. The summed E-state index contributed by atoms with van der Waals surface area (Å²) >= 11 is 5.69. The molecule has 0 unspecified atom stereocenters. The zero-order valence-corrected chi connectivity index (χ0v) is 8.22. The van der Waals surface area contributed by atoms with Crippen LogP contribution in [0.3, 0.4) is 0 Å². The van der Waals surface area contributed by atoms with E-state index in [0.29, 0.717) is 0 Å². The van der Waals surface area contributed by atoms with Crippen LogP contribution in [0.25, 0.3) is 0 Å². The number of fused-ring (bicyclic) bond motifs is 4. The number of hydrogen-bond acceptors (Lipinski definition) is 6. The van der Waals surface area contributed by atoms with Crippen molar-refractivity contribution in [3.63, 3.8) is 0 Å². The van der Waals surface area contributed by atoms with Crippen LogP contribution in [0.5, 0.6) is 11.5 Å². The maximum atomic E-state index is 11.1. The van der Waals surface area contributed by atoms with E-state index in [-0.39, 0.29) is 27.9 Å². The Labute approximate surface area is 84.7 Å². The molecule has 0 aliphatic carbocycles. The van der Waals surface area contributed by atoms with Crippen molar-refractivity contribution < 1.29 is 16.8 Å². The first-order valence-electron chi connectivity index (χ1n) is 3.42. The zero-order chi connectivity index (χ0) is 10.5. The van der Waals surface area contributed by atoms with Gasteiger partial charge in [0, 0.05) is 6.07 Å². The minimum atomic E-state index is -4.17. The van der Waals surface area contributed by atoms with Gasteiger partial charge in [-0.1, -0.05) is 11.6 Å². The maximum Gasteiger partial charge on any atom is 0.501 e. The Hall–Kier alpha value is -1.34. The number of hydrogen-bond donors (Lipinski definition) is 2. The van der Waals surface area contributed by atoms with E-state index in [9.17, 15) is 8.42 Å². The number of anilines is 2. The molecular weight excluding hydrogens is 232 g/mol. The molecule has 4 N–H and O–H groups in total. The molecule has 14 heavy (non-hydrogen) atoms. The highest BCUT2D eigenvalue weighted by Gasteiger charge is 2.29. The molecule has 1 aromatic carbocycles. The maximum absolute atomic E-state index is 11.1. The first-order chi connectivity index (χ1) is 6.41. The predicted molar refractivity (Wildman–Crippen MR) is 50.5 cm³/mol. The van der Waals surface area contributed by atoms with Gasteiger partial charge in [-0.2, -0.15) is 0 Å². The molecule has 2 bridgehead atoms. The molecule has 0 fully saturated rings. The van der Waals surface area contributed by atoms with E-state index in [0.717, 1.165) is 0 Å². The van der Waals surface area contributed by atoms with Gasteiger partial charge in [0.1, 0.15) is 10.7 Å². The van der Waals surface area contributed by atoms with Crippen molar-refractivity contribution in [1.82, 2.24) is 0 Å². The van der Waals surface area contributed by atoms with Crippen LogP contribution in [-0.2, 0) is 10.4 Å². The van der Waals surface area contributed by atoms with Crippen LogP contribution in [0.1, 0.15) is 0 Å². The average molecular weight is 237 g/mol. The van der Waals surface area contributed by atoms with Gasteiger partial charge in [0.2, 0.25) is 0 Å². The molecule has 0 atom stereocenters. The minimum Gasteiger partial charge on any atom is -0.395 e. The van der Waals surface area contributed by atoms with Gasteiger partial charge in [-0.3, -0.25) is 0 Å². The topological polar surface area (TPSA) is 105 Å². The van der Waals surface area contributed by atoms with Crippen LogP contribution in [0, 0.1) is 0 Å². The number of halogens is 1. The standard InChI is InChI=1S/C6H5ClN2O4S/c7-4-3-1-2(8)6(5(4)9)13-14(10,11)12-3/h1H,8-9H2. The molecule has 6 nitrogen and oxygen atoms in total. The summed E-state index contributed by atoms with van der Waals surface area (Å²) in [5.74, 6) is -0.334. The van der Waals surface area contributed by atoms with Gasteiger partial charge in [-0.15, -0.1) is 8.42 Å². The lowest BCUT2D eigenvalue weighted by atomic mass is 10.2. The summed E-state index contributed by atoms with van der Waals surface area (Å²) in [5.41, 5.74) is 10.9. The van der Waals surface area contributed by atoms with Crippen molar-refractivity contribution in [1.29, 1.82) is 0 Å². The third-order valence-corrected chi connectivity index (χ3v) is 2.77. The molecule has 0 spiro atoms. The molecule has 2 aliphatic heterocycles. The molecule has 2 heterocycles. The summed E-state index contributed by atoms with van der Waals surface area (Å²) in [6.07, 6.45) is 0. The first kappa shape index (κ1) is 9.22. The molecule has 76 valence electrons. The Morgan fingerprint density at radius 3 is 2.57 bits per heavy atom. The van der Waals surface area contributed by atoms with Crippen molar-refractivity contribution in [2.24, 2.45) is 0 Å². The largest absolute Gasteiger partial charge is 0.501 e. The van der Waals surface area contributed by atoms with Crippen LogP contribution in [0.15, 0.2) is 6.07 Å². The fourth-order valence-electron chi connectivity index (χ4n) is 1.04. The van der Waals surface area contributed by atoms with E-state index in [1.807, 2.05) is 0 Å². The average Bonchev–Trinajstić information content (AvgIpc) is 2.23. The van der Waals surface area contributed by atoms with Crippen molar-refractivity contribution in [3.8, 4) is 11.5 Å². The summed E-state index contributed by atoms with van der Waals surface area (Å²) < 4.78 is 31.0. The molecule has 0 saturated heterocycles. The fourth-order valence-corrected chi connectivity index (χ4v) is 2.04. The molecule has 8 heteroatoms. The molecule has 2 aliphatic rings. The van der Waals surface area contributed by atoms with Gasteiger partial charge in [0.25, 0.3) is 0 Å². The molecular formula is C6H5ClN2O4S. The number of rotatable bonds is 0. The second kappa shape index (κ2) is 2.58. The number of benzene rings is 1. The molecule has 0 amide bonds. The van der Waals surface area contributed by atoms with Crippen molar-refractivity contribution >= 4 is 33.4 Å². The predicted octanol–water partition coefficient (Wildman–Crippen LogP) is 0.520. The molecule has 0 aromatic heterocycles.